The smallest absolute Gasteiger partial charge is 0.147 e. The summed E-state index contributed by atoms with van der Waals surface area (Å²) in [5, 5.41) is 0. The van der Waals surface area contributed by atoms with Gasteiger partial charge in [-0.3, -0.25) is 0 Å². The Morgan fingerprint density at radius 2 is 1.42 bits per heavy atom. The van der Waals surface area contributed by atoms with E-state index in [2.05, 4.69) is 105 Å². The van der Waals surface area contributed by atoms with Crippen LogP contribution in [0, 0.1) is 5.82 Å². The van der Waals surface area contributed by atoms with Crippen LogP contribution in [0.3, 0.4) is 0 Å². The molecule has 0 radical (unpaired) electrons. The minimum atomic E-state index is -2.29. The van der Waals surface area contributed by atoms with E-state index in [1.807, 2.05) is 6.07 Å². The minimum Gasteiger partial charge on any atom is -0.147 e. The Labute approximate surface area is 318 Å². The van der Waals surface area contributed by atoms with Gasteiger partial charge in [-0.05, 0) is 0 Å². The van der Waals surface area contributed by atoms with E-state index >= 15 is 4.39 Å². The van der Waals surface area contributed by atoms with Crippen molar-refractivity contribution in [3.8, 4) is 28.0 Å². The minimum absolute atomic E-state index is 0. The first kappa shape index (κ1) is 39.0. The molecule has 1 saturated heterocycles. The molecule has 1 fully saturated rings. The largest absolute Gasteiger partial charge is 0.147 e. The first-order chi connectivity index (χ1) is 23.4. The van der Waals surface area contributed by atoms with Gasteiger partial charge in [0.2, 0.25) is 0 Å². The molecule has 2 nitrogen and oxygen atoms in total. The molecule has 0 aromatic heterocycles. The molecule has 50 heavy (non-hydrogen) atoms. The molecule has 0 amide bonds. The fourth-order valence-corrected chi connectivity index (χ4v) is 17.0. The number of fused-ring (bicyclic) bond motifs is 4. The summed E-state index contributed by atoms with van der Waals surface area (Å²) >= 11 is -2.29. The summed E-state index contributed by atoms with van der Waals surface area (Å²) in [6, 6.07) is 30.7. The Balaban J connectivity index is 0.00000243. The van der Waals surface area contributed by atoms with Crippen molar-refractivity contribution in [1.82, 2.24) is 4.90 Å². The second-order valence-corrected chi connectivity index (χ2v) is 25.1. The third-order valence-corrected chi connectivity index (χ3v) is 20.2. The van der Waals surface area contributed by atoms with E-state index in [0.717, 1.165) is 42.8 Å². The Morgan fingerprint density at radius 1 is 0.780 bits per heavy atom. The maximum atomic E-state index is 15.2. The second-order valence-electron chi connectivity index (χ2n) is 14.5. The number of unbranched alkanes of at least 4 members (excludes halogenated alkanes) is 2. The van der Waals surface area contributed by atoms with E-state index in [4.69, 9.17) is 3.32 Å². The molecule has 2 aliphatic carbocycles. The van der Waals surface area contributed by atoms with Crippen molar-refractivity contribution in [2.75, 3.05) is 13.1 Å². The number of nitrogens with zero attached hydrogens (tertiary/aromatic N) is 1. The Bertz CT molecular complexity index is 1900. The van der Waals surface area contributed by atoms with Crippen LogP contribution in [0.25, 0.3) is 26.1 Å². The molecule has 4 aromatic carbocycles. The van der Waals surface area contributed by atoms with Gasteiger partial charge in [-0.2, -0.15) is 0 Å². The first-order valence-corrected chi connectivity index (χ1v) is 24.6. The third-order valence-electron chi connectivity index (χ3n) is 11.2. The molecule has 1 unspecified atom stereocenters. The number of halogens is 3. The van der Waals surface area contributed by atoms with Crippen LogP contribution in [-0.4, -0.2) is 24.2 Å². The number of likely N-dealkylation sites (tertiary alicyclic amines) is 1. The predicted molar refractivity (Wildman–Crippen MR) is 212 cm³/mol. The maximum absolute atomic E-state index is 15.2. The molecule has 0 spiro atoms. The fourth-order valence-electron chi connectivity index (χ4n) is 8.89. The van der Waals surface area contributed by atoms with Gasteiger partial charge in [-0.1, -0.05) is 0 Å². The quantitative estimate of drug-likeness (QED) is 0.141. The van der Waals surface area contributed by atoms with E-state index in [1.165, 1.54) is 81.4 Å². The normalized spacial score (nSPS) is 17.0. The molecule has 1 aliphatic heterocycles. The average Bonchev–Trinajstić information content (AvgIpc) is 3.80. The molecule has 7 rings (SSSR count). The monoisotopic (exact) mass is 763 g/mol. The predicted octanol–water partition coefficient (Wildman–Crippen LogP) is 12.7. The van der Waals surface area contributed by atoms with Gasteiger partial charge in [0.25, 0.3) is 0 Å². The molecule has 4 aromatic rings. The van der Waals surface area contributed by atoms with E-state index in [1.54, 1.807) is 12.1 Å². The van der Waals surface area contributed by atoms with Crippen molar-refractivity contribution in [2.45, 2.75) is 96.7 Å². The summed E-state index contributed by atoms with van der Waals surface area (Å²) in [5.74, 6) is 0.642. The summed E-state index contributed by atoms with van der Waals surface area (Å²) < 4.78 is 24.1. The van der Waals surface area contributed by atoms with Crippen molar-refractivity contribution >= 4 is 34.9 Å². The van der Waals surface area contributed by atoms with Crippen molar-refractivity contribution in [3.63, 3.8) is 0 Å². The van der Waals surface area contributed by atoms with Gasteiger partial charge in [-0.15, -0.1) is 24.8 Å². The van der Waals surface area contributed by atoms with Crippen molar-refractivity contribution in [1.29, 1.82) is 0 Å². The van der Waals surface area contributed by atoms with Crippen LogP contribution in [-0.2, 0) is 22.4 Å². The van der Waals surface area contributed by atoms with Gasteiger partial charge < -0.3 is 0 Å². The summed E-state index contributed by atoms with van der Waals surface area (Å²) in [4.78, 5) is 2.68. The van der Waals surface area contributed by atoms with Crippen LogP contribution in [0.5, 0.6) is 5.75 Å². The number of hydrogen-bond donors (Lipinski definition) is 0. The van der Waals surface area contributed by atoms with Gasteiger partial charge in [0.15, 0.2) is 0 Å². The van der Waals surface area contributed by atoms with Crippen molar-refractivity contribution < 1.29 is 24.7 Å². The summed E-state index contributed by atoms with van der Waals surface area (Å²) in [6.45, 7) is 14.2. The van der Waals surface area contributed by atoms with E-state index < -0.39 is 23.2 Å². The van der Waals surface area contributed by atoms with Crippen LogP contribution in [0.2, 0.25) is 13.1 Å². The van der Waals surface area contributed by atoms with E-state index in [0.29, 0.717) is 6.04 Å². The second kappa shape index (κ2) is 16.7. The SMILES string of the molecule is CCCCC1(CCCC)c2ccccc2-c2ccc(-c3cc(F)ccc3[O][Ti]([C]3=C(C)C(N4CCCC4)c4ccccc43)=[Si](C)C)cc21.Cl.Cl. The topological polar surface area (TPSA) is 12.5 Å². The third kappa shape index (κ3) is 6.98. The number of hydrogen-bond acceptors (Lipinski definition) is 2. The van der Waals surface area contributed by atoms with E-state index in [-0.39, 0.29) is 36.0 Å². The van der Waals surface area contributed by atoms with Gasteiger partial charge in [0.1, 0.15) is 0 Å². The summed E-state index contributed by atoms with van der Waals surface area (Å²) in [7, 11) is 0. The molecule has 3 aliphatic rings. The molecule has 0 saturated carbocycles. The molecular weight excluding hydrogens is 712 g/mol. The summed E-state index contributed by atoms with van der Waals surface area (Å²) in [6.07, 6.45) is 8.78. The van der Waals surface area contributed by atoms with Gasteiger partial charge in [-0.25, -0.2) is 0 Å². The van der Waals surface area contributed by atoms with Gasteiger partial charge in [0, 0.05) is 0 Å². The Hall–Kier alpha value is -2.18. The first-order valence-electron chi connectivity index (χ1n) is 18.3. The van der Waals surface area contributed by atoms with Crippen molar-refractivity contribution in [3.05, 3.63) is 119 Å². The van der Waals surface area contributed by atoms with E-state index in [9.17, 15) is 0 Å². The zero-order chi connectivity index (χ0) is 33.4. The molecule has 1 atom stereocenters. The molecule has 0 bridgehead atoms. The van der Waals surface area contributed by atoms with Crippen LogP contribution in [0.1, 0.15) is 100 Å². The standard InChI is InChI=1S/C27H29FO.C14H16N.C2H6Si.2ClH.Ti/c1-3-5-15-27(16-6-4-2)24-10-8-7-9-21(24)22-13-11-19(17-25(22)27)23-18-20(28)12-14-26(23)29;1-11-10-12-6-2-3-7-13(12)14(11)15-8-4-5-9-15;1-3-2;;;/h7-14,17-18,29H,3-6,15-16H2,1-2H3;2-3,6-7,14H,4-5,8-9H2,1H3;1-2H3;2*1H;/q;;;;;+1/p-1. The summed E-state index contributed by atoms with van der Waals surface area (Å²) in [5.41, 5.74) is 11.9. The zero-order valence-corrected chi connectivity index (χ0v) is 34.5. The van der Waals surface area contributed by atoms with Crippen molar-refractivity contribution in [2.24, 2.45) is 0 Å². The van der Waals surface area contributed by atoms with Crippen LogP contribution < -0.4 is 3.32 Å². The molecule has 7 heteroatoms. The van der Waals surface area contributed by atoms with Crippen LogP contribution in [0.4, 0.5) is 4.39 Å². The van der Waals surface area contributed by atoms with Crippen LogP contribution >= 0.6 is 24.8 Å². The zero-order valence-electron chi connectivity index (χ0n) is 30.3. The van der Waals surface area contributed by atoms with Gasteiger partial charge in [0.05, 0.1) is 0 Å². The van der Waals surface area contributed by atoms with Gasteiger partial charge >= 0.3 is 296 Å². The molecule has 0 N–H and O–H groups in total. The molecule has 1 heterocycles. The maximum Gasteiger partial charge on any atom is -0.147 e. The average molecular weight is 765 g/mol. The number of benzene rings is 4. The van der Waals surface area contributed by atoms with Crippen LogP contribution in [0.15, 0.2) is 90.5 Å². The number of rotatable bonds is 11. The Kier molecular flexibility index (Phi) is 13.0. The fraction of sp³-hybridized carbons (Fsp3) is 0.395. The Morgan fingerprint density at radius 3 is 2.10 bits per heavy atom. The molecule has 264 valence electrons. The molecular formula is C43H52Cl2FNOSiTi.